The van der Waals surface area contributed by atoms with Gasteiger partial charge >= 0.3 is 5.97 Å². The van der Waals surface area contributed by atoms with Crippen molar-refractivity contribution in [3.63, 3.8) is 0 Å². The molecule has 2 rings (SSSR count). The minimum Gasteiger partial charge on any atom is -0.461 e. The average Bonchev–Trinajstić information content (AvgIpc) is 2.68. The molecule has 0 aliphatic rings. The van der Waals surface area contributed by atoms with Crippen LogP contribution < -0.4 is 10.2 Å². The SMILES string of the molecule is CCN(CC)c1ccccc1COC(=O)CC(NC(C)=O)c1ccccc1. The van der Waals surface area contributed by atoms with Crippen molar-refractivity contribution in [3.05, 3.63) is 65.7 Å². The first-order chi connectivity index (χ1) is 13.0. The molecule has 0 spiro atoms. The predicted octanol–water partition coefficient (Wildman–Crippen LogP) is 3.84. The molecule has 0 saturated carbocycles. The van der Waals surface area contributed by atoms with Crippen LogP contribution in [-0.4, -0.2) is 25.0 Å². The number of amides is 1. The molecule has 0 aliphatic heterocycles. The number of para-hydroxylation sites is 1. The van der Waals surface area contributed by atoms with E-state index in [-0.39, 0.29) is 24.9 Å². The summed E-state index contributed by atoms with van der Waals surface area (Å²) in [6.45, 7) is 7.64. The second-order valence-corrected chi connectivity index (χ2v) is 6.33. The molecule has 0 aliphatic carbocycles. The van der Waals surface area contributed by atoms with Gasteiger partial charge in [0.15, 0.2) is 0 Å². The topological polar surface area (TPSA) is 58.6 Å². The third kappa shape index (κ3) is 6.13. The van der Waals surface area contributed by atoms with E-state index >= 15 is 0 Å². The lowest BCUT2D eigenvalue weighted by atomic mass is 10.0. The van der Waals surface area contributed by atoms with Crippen molar-refractivity contribution in [1.82, 2.24) is 5.32 Å². The van der Waals surface area contributed by atoms with Gasteiger partial charge in [-0.05, 0) is 25.5 Å². The minimum absolute atomic E-state index is 0.0943. The van der Waals surface area contributed by atoms with Gasteiger partial charge in [0.25, 0.3) is 0 Å². The molecule has 5 nitrogen and oxygen atoms in total. The molecule has 0 fully saturated rings. The molecule has 1 amide bonds. The smallest absolute Gasteiger partial charge is 0.308 e. The molecular formula is C22H28N2O3. The largest absolute Gasteiger partial charge is 0.461 e. The fraction of sp³-hybridized carbons (Fsp3) is 0.364. The number of benzene rings is 2. The monoisotopic (exact) mass is 368 g/mol. The molecule has 1 N–H and O–H groups in total. The zero-order valence-electron chi connectivity index (χ0n) is 16.3. The Bertz CT molecular complexity index is 742. The third-order valence-electron chi connectivity index (χ3n) is 4.43. The highest BCUT2D eigenvalue weighted by Crippen LogP contribution is 2.22. The van der Waals surface area contributed by atoms with E-state index in [0.29, 0.717) is 0 Å². The number of hydrogen-bond acceptors (Lipinski definition) is 4. The van der Waals surface area contributed by atoms with Gasteiger partial charge < -0.3 is 15.0 Å². The van der Waals surface area contributed by atoms with E-state index in [9.17, 15) is 9.59 Å². The van der Waals surface area contributed by atoms with Crippen LogP contribution in [0.2, 0.25) is 0 Å². The molecule has 5 heteroatoms. The predicted molar refractivity (Wildman–Crippen MR) is 107 cm³/mol. The number of esters is 1. The van der Waals surface area contributed by atoms with Crippen LogP contribution >= 0.6 is 0 Å². The first-order valence-electron chi connectivity index (χ1n) is 9.35. The van der Waals surface area contributed by atoms with E-state index in [0.717, 1.165) is 29.9 Å². The fourth-order valence-corrected chi connectivity index (χ4v) is 3.07. The van der Waals surface area contributed by atoms with Crippen LogP contribution in [0.4, 0.5) is 5.69 Å². The molecule has 144 valence electrons. The van der Waals surface area contributed by atoms with Crippen molar-refractivity contribution in [2.75, 3.05) is 18.0 Å². The van der Waals surface area contributed by atoms with Crippen molar-refractivity contribution >= 4 is 17.6 Å². The van der Waals surface area contributed by atoms with Crippen LogP contribution in [0.25, 0.3) is 0 Å². The van der Waals surface area contributed by atoms with Gasteiger partial charge in [-0.15, -0.1) is 0 Å². The number of anilines is 1. The standard InChI is InChI=1S/C22H28N2O3/c1-4-24(5-2)21-14-10-9-13-19(21)16-27-22(26)15-20(23-17(3)25)18-11-7-6-8-12-18/h6-14,20H,4-5,15-16H2,1-3H3,(H,23,25). The highest BCUT2D eigenvalue weighted by molar-refractivity contribution is 5.76. The van der Waals surface area contributed by atoms with Gasteiger partial charge in [0, 0.05) is 31.3 Å². The van der Waals surface area contributed by atoms with Crippen LogP contribution in [0.15, 0.2) is 54.6 Å². The van der Waals surface area contributed by atoms with Gasteiger partial charge in [-0.2, -0.15) is 0 Å². The first-order valence-corrected chi connectivity index (χ1v) is 9.35. The Morgan fingerprint density at radius 3 is 2.26 bits per heavy atom. The Labute approximate surface area is 161 Å². The van der Waals surface area contributed by atoms with E-state index in [1.54, 1.807) is 0 Å². The minimum atomic E-state index is -0.394. The highest BCUT2D eigenvalue weighted by Gasteiger charge is 2.18. The molecule has 27 heavy (non-hydrogen) atoms. The number of nitrogens with one attached hydrogen (secondary N) is 1. The van der Waals surface area contributed by atoms with Crippen LogP contribution in [0, 0.1) is 0 Å². The molecule has 0 aromatic heterocycles. The number of hydrogen-bond donors (Lipinski definition) is 1. The lowest BCUT2D eigenvalue weighted by Crippen LogP contribution is -2.28. The Kier molecular flexibility index (Phi) is 7.86. The van der Waals surface area contributed by atoms with E-state index in [4.69, 9.17) is 4.74 Å². The summed E-state index contributed by atoms with van der Waals surface area (Å²) in [5, 5.41) is 2.83. The van der Waals surface area contributed by atoms with Gasteiger partial charge in [-0.1, -0.05) is 48.5 Å². The van der Waals surface area contributed by atoms with Crippen LogP contribution in [-0.2, 0) is 20.9 Å². The average molecular weight is 368 g/mol. The number of carbonyl (C=O) groups is 2. The number of carbonyl (C=O) groups excluding carboxylic acids is 2. The van der Waals surface area contributed by atoms with E-state index in [1.165, 1.54) is 6.92 Å². The van der Waals surface area contributed by atoms with E-state index in [1.807, 2.05) is 54.6 Å². The Morgan fingerprint density at radius 1 is 1.00 bits per heavy atom. The maximum atomic E-state index is 12.4. The highest BCUT2D eigenvalue weighted by atomic mass is 16.5. The third-order valence-corrected chi connectivity index (χ3v) is 4.43. The number of ether oxygens (including phenoxy) is 1. The molecule has 0 bridgehead atoms. The molecular weight excluding hydrogens is 340 g/mol. The maximum Gasteiger partial charge on any atom is 0.308 e. The first kappa shape index (κ1) is 20.5. The summed E-state index contributed by atoms with van der Waals surface area (Å²) in [7, 11) is 0. The summed E-state index contributed by atoms with van der Waals surface area (Å²) in [5.41, 5.74) is 2.94. The van der Waals surface area contributed by atoms with Crippen LogP contribution in [0.5, 0.6) is 0 Å². The van der Waals surface area contributed by atoms with E-state index < -0.39 is 6.04 Å². The molecule has 0 heterocycles. The van der Waals surface area contributed by atoms with Crippen molar-refractivity contribution in [1.29, 1.82) is 0 Å². The van der Waals surface area contributed by atoms with Gasteiger partial charge in [0.1, 0.15) is 6.61 Å². The second-order valence-electron chi connectivity index (χ2n) is 6.33. The Morgan fingerprint density at radius 2 is 1.63 bits per heavy atom. The van der Waals surface area contributed by atoms with Crippen molar-refractivity contribution < 1.29 is 14.3 Å². The van der Waals surface area contributed by atoms with Gasteiger partial charge in [0.05, 0.1) is 12.5 Å². The molecule has 0 saturated heterocycles. The summed E-state index contributed by atoms with van der Waals surface area (Å²) in [5.74, 6) is -0.518. The number of nitrogens with zero attached hydrogens (tertiary/aromatic N) is 1. The summed E-state index contributed by atoms with van der Waals surface area (Å²) in [6.07, 6.45) is 0.0943. The molecule has 2 aromatic rings. The molecule has 1 unspecified atom stereocenters. The summed E-state index contributed by atoms with van der Waals surface area (Å²) in [4.78, 5) is 26.1. The summed E-state index contributed by atoms with van der Waals surface area (Å²) < 4.78 is 5.52. The molecule has 2 aromatic carbocycles. The van der Waals surface area contributed by atoms with Crippen molar-refractivity contribution in [2.45, 2.75) is 39.8 Å². The molecule has 0 radical (unpaired) electrons. The zero-order chi connectivity index (χ0) is 19.6. The summed E-state index contributed by atoms with van der Waals surface area (Å²) in [6, 6.07) is 17.0. The quantitative estimate of drug-likeness (QED) is 0.683. The van der Waals surface area contributed by atoms with Crippen molar-refractivity contribution in [3.8, 4) is 0 Å². The molecule has 1 atom stereocenters. The van der Waals surface area contributed by atoms with Crippen LogP contribution in [0.1, 0.15) is 44.4 Å². The van der Waals surface area contributed by atoms with Crippen LogP contribution in [0.3, 0.4) is 0 Å². The lowest BCUT2D eigenvalue weighted by Gasteiger charge is -2.24. The summed E-state index contributed by atoms with van der Waals surface area (Å²) >= 11 is 0. The van der Waals surface area contributed by atoms with E-state index in [2.05, 4.69) is 24.1 Å². The lowest BCUT2D eigenvalue weighted by molar-refractivity contribution is -0.145. The zero-order valence-corrected chi connectivity index (χ0v) is 16.3. The number of rotatable bonds is 9. The van der Waals surface area contributed by atoms with Gasteiger partial charge in [-0.25, -0.2) is 0 Å². The fourth-order valence-electron chi connectivity index (χ4n) is 3.07. The maximum absolute atomic E-state index is 12.4. The van der Waals surface area contributed by atoms with Crippen molar-refractivity contribution in [2.24, 2.45) is 0 Å². The Hall–Kier alpha value is -2.82. The van der Waals surface area contributed by atoms with Gasteiger partial charge in [-0.3, -0.25) is 9.59 Å². The normalized spacial score (nSPS) is 11.5. The second kappa shape index (κ2) is 10.4. The Balaban J connectivity index is 2.03. The van der Waals surface area contributed by atoms with Gasteiger partial charge in [0.2, 0.25) is 5.91 Å².